The van der Waals surface area contributed by atoms with Gasteiger partial charge < -0.3 is 15.8 Å². The van der Waals surface area contributed by atoms with Crippen LogP contribution in [0, 0.1) is 0 Å². The molecule has 1 aromatic carbocycles. The molecule has 0 aromatic heterocycles. The van der Waals surface area contributed by atoms with E-state index < -0.39 is 0 Å². The molecule has 16 heavy (non-hydrogen) atoms. The SMILES string of the molecule is COc1ccc(N)c(C(=O)NCCSC)c1. The second-order valence-electron chi connectivity index (χ2n) is 3.20. The third kappa shape index (κ3) is 3.34. The van der Waals surface area contributed by atoms with E-state index >= 15 is 0 Å². The highest BCUT2D eigenvalue weighted by molar-refractivity contribution is 7.98. The minimum Gasteiger partial charge on any atom is -0.497 e. The number of carbonyl (C=O) groups is 1. The van der Waals surface area contributed by atoms with Crippen molar-refractivity contribution in [1.82, 2.24) is 5.32 Å². The van der Waals surface area contributed by atoms with Gasteiger partial charge in [0.2, 0.25) is 0 Å². The van der Waals surface area contributed by atoms with E-state index in [-0.39, 0.29) is 5.91 Å². The van der Waals surface area contributed by atoms with E-state index in [1.165, 1.54) is 0 Å². The first-order chi connectivity index (χ1) is 7.69. The van der Waals surface area contributed by atoms with Gasteiger partial charge in [-0.1, -0.05) is 0 Å². The van der Waals surface area contributed by atoms with Gasteiger partial charge in [0.25, 0.3) is 5.91 Å². The maximum absolute atomic E-state index is 11.8. The number of rotatable bonds is 5. The van der Waals surface area contributed by atoms with Gasteiger partial charge in [-0.2, -0.15) is 11.8 Å². The molecule has 4 nitrogen and oxygen atoms in total. The fourth-order valence-electron chi connectivity index (χ4n) is 1.22. The van der Waals surface area contributed by atoms with Crippen molar-refractivity contribution in [2.75, 3.05) is 31.4 Å². The molecule has 0 radical (unpaired) electrons. The summed E-state index contributed by atoms with van der Waals surface area (Å²) < 4.78 is 5.05. The molecule has 0 spiro atoms. The molecule has 0 bridgehead atoms. The van der Waals surface area contributed by atoms with E-state index in [1.54, 1.807) is 37.1 Å². The summed E-state index contributed by atoms with van der Waals surface area (Å²) in [5, 5.41) is 2.80. The van der Waals surface area contributed by atoms with Gasteiger partial charge in [-0.15, -0.1) is 0 Å². The second kappa shape index (κ2) is 6.27. The average molecular weight is 240 g/mol. The zero-order chi connectivity index (χ0) is 12.0. The zero-order valence-electron chi connectivity index (χ0n) is 9.45. The number of carbonyl (C=O) groups excluding carboxylic acids is 1. The summed E-state index contributed by atoms with van der Waals surface area (Å²) in [6.07, 6.45) is 1.99. The number of hydrogen-bond donors (Lipinski definition) is 2. The van der Waals surface area contributed by atoms with Crippen LogP contribution in [0.5, 0.6) is 5.75 Å². The largest absolute Gasteiger partial charge is 0.497 e. The van der Waals surface area contributed by atoms with Crippen LogP contribution in [0.2, 0.25) is 0 Å². The summed E-state index contributed by atoms with van der Waals surface area (Å²) in [5.41, 5.74) is 6.65. The summed E-state index contributed by atoms with van der Waals surface area (Å²) in [7, 11) is 1.56. The van der Waals surface area contributed by atoms with Crippen LogP contribution in [0.25, 0.3) is 0 Å². The lowest BCUT2D eigenvalue weighted by Gasteiger charge is -2.08. The van der Waals surface area contributed by atoms with Crippen molar-refractivity contribution in [3.8, 4) is 5.75 Å². The average Bonchev–Trinajstić information content (AvgIpc) is 2.30. The van der Waals surface area contributed by atoms with E-state index in [1.807, 2.05) is 6.26 Å². The highest BCUT2D eigenvalue weighted by atomic mass is 32.2. The summed E-state index contributed by atoms with van der Waals surface area (Å²) in [4.78, 5) is 11.8. The normalized spacial score (nSPS) is 9.88. The van der Waals surface area contributed by atoms with Gasteiger partial charge in [0, 0.05) is 18.0 Å². The molecule has 1 amide bonds. The molecular formula is C11H16N2O2S. The van der Waals surface area contributed by atoms with Crippen LogP contribution in [-0.2, 0) is 0 Å². The van der Waals surface area contributed by atoms with E-state index in [4.69, 9.17) is 10.5 Å². The number of hydrogen-bond acceptors (Lipinski definition) is 4. The summed E-state index contributed by atoms with van der Waals surface area (Å²) in [6, 6.07) is 5.04. The number of ether oxygens (including phenoxy) is 1. The standard InChI is InChI=1S/C11H16N2O2S/c1-15-8-3-4-10(12)9(7-8)11(14)13-5-6-16-2/h3-4,7H,5-6,12H2,1-2H3,(H,13,14). The molecule has 88 valence electrons. The van der Waals surface area contributed by atoms with E-state index in [9.17, 15) is 4.79 Å². The Balaban J connectivity index is 2.73. The van der Waals surface area contributed by atoms with Gasteiger partial charge >= 0.3 is 0 Å². The number of anilines is 1. The number of nitrogens with one attached hydrogen (secondary N) is 1. The highest BCUT2D eigenvalue weighted by Gasteiger charge is 2.09. The number of benzene rings is 1. The zero-order valence-corrected chi connectivity index (χ0v) is 10.3. The molecule has 0 fully saturated rings. The van der Waals surface area contributed by atoms with Crippen molar-refractivity contribution in [1.29, 1.82) is 0 Å². The Bertz CT molecular complexity index is 369. The topological polar surface area (TPSA) is 64.3 Å². The maximum Gasteiger partial charge on any atom is 0.253 e. The van der Waals surface area contributed by atoms with Gasteiger partial charge in [-0.3, -0.25) is 4.79 Å². The Hall–Kier alpha value is -1.36. The Morgan fingerprint density at radius 3 is 2.94 bits per heavy atom. The van der Waals surface area contributed by atoms with Gasteiger partial charge in [0.05, 0.1) is 12.7 Å². The molecule has 5 heteroatoms. The molecule has 0 unspecified atom stereocenters. The minimum atomic E-state index is -0.162. The van der Waals surface area contributed by atoms with Crippen molar-refractivity contribution in [3.05, 3.63) is 23.8 Å². The number of amides is 1. The minimum absolute atomic E-state index is 0.162. The van der Waals surface area contributed by atoms with Crippen LogP contribution in [-0.4, -0.2) is 31.6 Å². The van der Waals surface area contributed by atoms with Crippen molar-refractivity contribution >= 4 is 23.4 Å². The molecule has 1 rings (SSSR count). The van der Waals surface area contributed by atoms with Crippen molar-refractivity contribution in [2.45, 2.75) is 0 Å². The molecule has 1 aromatic rings. The van der Waals surface area contributed by atoms with E-state index in [2.05, 4.69) is 5.32 Å². The van der Waals surface area contributed by atoms with Crippen LogP contribution in [0.1, 0.15) is 10.4 Å². The Labute approximate surface area is 99.5 Å². The number of nitrogen functional groups attached to an aromatic ring is 1. The van der Waals surface area contributed by atoms with Crippen molar-refractivity contribution in [3.63, 3.8) is 0 Å². The van der Waals surface area contributed by atoms with Crippen molar-refractivity contribution < 1.29 is 9.53 Å². The first-order valence-corrected chi connectivity index (χ1v) is 6.29. The quantitative estimate of drug-likeness (QED) is 0.602. The molecule has 3 N–H and O–H groups in total. The van der Waals surface area contributed by atoms with Gasteiger partial charge in [-0.05, 0) is 24.5 Å². The van der Waals surface area contributed by atoms with Crippen molar-refractivity contribution in [2.24, 2.45) is 0 Å². The summed E-state index contributed by atoms with van der Waals surface area (Å²) >= 11 is 1.68. The first kappa shape index (κ1) is 12.7. The molecule has 0 heterocycles. The van der Waals surface area contributed by atoms with Gasteiger partial charge in [0.1, 0.15) is 5.75 Å². The lowest BCUT2D eigenvalue weighted by molar-refractivity contribution is 0.0956. The third-order valence-corrected chi connectivity index (χ3v) is 2.71. The monoisotopic (exact) mass is 240 g/mol. The predicted octanol–water partition coefficient (Wildman–Crippen LogP) is 1.37. The fourth-order valence-corrected chi connectivity index (χ4v) is 1.53. The second-order valence-corrected chi connectivity index (χ2v) is 4.19. The Morgan fingerprint density at radius 2 is 2.31 bits per heavy atom. The number of nitrogens with two attached hydrogens (primary N) is 1. The molecule has 0 aliphatic carbocycles. The molecule has 0 atom stereocenters. The van der Waals surface area contributed by atoms with Crippen LogP contribution in [0.15, 0.2) is 18.2 Å². The van der Waals surface area contributed by atoms with Crippen LogP contribution >= 0.6 is 11.8 Å². The molecule has 0 saturated heterocycles. The van der Waals surface area contributed by atoms with Gasteiger partial charge in [0.15, 0.2) is 0 Å². The molecule has 0 aliphatic heterocycles. The lowest BCUT2D eigenvalue weighted by atomic mass is 10.1. The smallest absolute Gasteiger partial charge is 0.253 e. The molecular weight excluding hydrogens is 224 g/mol. The highest BCUT2D eigenvalue weighted by Crippen LogP contribution is 2.19. The number of methoxy groups -OCH3 is 1. The maximum atomic E-state index is 11.8. The van der Waals surface area contributed by atoms with Crippen LogP contribution in [0.4, 0.5) is 5.69 Å². The first-order valence-electron chi connectivity index (χ1n) is 4.89. The summed E-state index contributed by atoms with van der Waals surface area (Å²) in [5.74, 6) is 1.35. The fraction of sp³-hybridized carbons (Fsp3) is 0.364. The van der Waals surface area contributed by atoms with Gasteiger partial charge in [-0.25, -0.2) is 0 Å². The van der Waals surface area contributed by atoms with Crippen LogP contribution in [0.3, 0.4) is 0 Å². The number of thioether (sulfide) groups is 1. The third-order valence-electron chi connectivity index (χ3n) is 2.10. The predicted molar refractivity (Wildman–Crippen MR) is 68.1 cm³/mol. The Kier molecular flexibility index (Phi) is 4.98. The molecule has 0 saturated carbocycles. The van der Waals surface area contributed by atoms with Crippen LogP contribution < -0.4 is 15.8 Å². The summed E-state index contributed by atoms with van der Waals surface area (Å²) in [6.45, 7) is 0.636. The molecule has 0 aliphatic rings. The lowest BCUT2D eigenvalue weighted by Crippen LogP contribution is -2.26. The van der Waals surface area contributed by atoms with E-state index in [0.29, 0.717) is 23.5 Å². The Morgan fingerprint density at radius 1 is 1.56 bits per heavy atom. The van der Waals surface area contributed by atoms with E-state index in [0.717, 1.165) is 5.75 Å².